The molecule has 0 aliphatic carbocycles. The van der Waals surface area contributed by atoms with Crippen LogP contribution in [-0.4, -0.2) is 5.91 Å². The summed E-state index contributed by atoms with van der Waals surface area (Å²) in [5.74, 6) is -0.214. The normalized spacial score (nSPS) is 21.0. The molecule has 4 heteroatoms. The van der Waals surface area contributed by atoms with Gasteiger partial charge in [-0.2, -0.15) is 0 Å². The number of rotatable bonds is 1. The van der Waals surface area contributed by atoms with E-state index in [1.807, 2.05) is 0 Å². The standard InChI is InChI=1S/C10H9BrFNO/c11-7-5-6(1-2-8(7)12)9-3-4-10(14)13-9/h1-2,5,9H,3-4H2,(H,13,14)/t9-/m1/s1. The van der Waals surface area contributed by atoms with Gasteiger partial charge in [0.2, 0.25) is 5.91 Å². The van der Waals surface area contributed by atoms with Crippen LogP contribution in [0.15, 0.2) is 22.7 Å². The molecule has 1 aromatic carbocycles. The summed E-state index contributed by atoms with van der Waals surface area (Å²) in [6, 6.07) is 4.87. The number of benzene rings is 1. The maximum absolute atomic E-state index is 12.9. The lowest BCUT2D eigenvalue weighted by Crippen LogP contribution is -2.18. The average Bonchev–Trinajstić information content (AvgIpc) is 2.57. The first-order valence-corrected chi connectivity index (χ1v) is 5.20. The molecule has 1 aliphatic heterocycles. The predicted octanol–water partition coefficient (Wildman–Crippen LogP) is 2.54. The van der Waals surface area contributed by atoms with Crippen LogP contribution in [0, 0.1) is 5.82 Å². The number of carbonyl (C=O) groups is 1. The van der Waals surface area contributed by atoms with E-state index in [-0.39, 0.29) is 17.8 Å². The minimum Gasteiger partial charge on any atom is -0.349 e. The van der Waals surface area contributed by atoms with Crippen LogP contribution in [0.2, 0.25) is 0 Å². The number of halogens is 2. The van der Waals surface area contributed by atoms with Gasteiger partial charge in [-0.25, -0.2) is 4.39 Å². The Bertz CT molecular complexity index is 380. The van der Waals surface area contributed by atoms with Crippen LogP contribution in [0.5, 0.6) is 0 Å². The van der Waals surface area contributed by atoms with Crippen molar-refractivity contribution in [3.63, 3.8) is 0 Å². The SMILES string of the molecule is O=C1CC[C@H](c2ccc(F)c(Br)c2)N1. The van der Waals surface area contributed by atoms with E-state index >= 15 is 0 Å². The Kier molecular flexibility index (Phi) is 2.54. The minimum atomic E-state index is -0.280. The van der Waals surface area contributed by atoms with Gasteiger partial charge in [-0.1, -0.05) is 6.07 Å². The van der Waals surface area contributed by atoms with Crippen molar-refractivity contribution in [3.8, 4) is 0 Å². The lowest BCUT2D eigenvalue weighted by molar-refractivity contribution is -0.119. The lowest BCUT2D eigenvalue weighted by Gasteiger charge is -2.10. The summed E-state index contributed by atoms with van der Waals surface area (Å²) >= 11 is 3.12. The molecule has 0 radical (unpaired) electrons. The highest BCUT2D eigenvalue weighted by molar-refractivity contribution is 9.10. The van der Waals surface area contributed by atoms with Crippen molar-refractivity contribution >= 4 is 21.8 Å². The number of hydrogen-bond acceptors (Lipinski definition) is 1. The zero-order valence-electron chi connectivity index (χ0n) is 7.39. The molecule has 1 aromatic rings. The van der Waals surface area contributed by atoms with Crippen LogP contribution in [0.3, 0.4) is 0 Å². The van der Waals surface area contributed by atoms with Crippen molar-refractivity contribution < 1.29 is 9.18 Å². The fourth-order valence-corrected chi connectivity index (χ4v) is 1.99. The van der Waals surface area contributed by atoms with Crippen LogP contribution in [0.1, 0.15) is 24.4 Å². The summed E-state index contributed by atoms with van der Waals surface area (Å²) in [4.78, 5) is 11.0. The fourth-order valence-electron chi connectivity index (χ4n) is 1.59. The molecule has 1 fully saturated rings. The van der Waals surface area contributed by atoms with E-state index in [9.17, 15) is 9.18 Å². The third-order valence-corrected chi connectivity index (χ3v) is 2.95. The van der Waals surface area contributed by atoms with Gasteiger partial charge >= 0.3 is 0 Å². The van der Waals surface area contributed by atoms with E-state index in [4.69, 9.17) is 0 Å². The Hall–Kier alpha value is -0.900. The van der Waals surface area contributed by atoms with E-state index in [1.54, 1.807) is 12.1 Å². The van der Waals surface area contributed by atoms with E-state index in [1.165, 1.54) is 6.07 Å². The van der Waals surface area contributed by atoms with Crippen LogP contribution in [-0.2, 0) is 4.79 Å². The van der Waals surface area contributed by atoms with Crippen LogP contribution < -0.4 is 5.32 Å². The second-order valence-electron chi connectivity index (χ2n) is 3.33. The summed E-state index contributed by atoms with van der Waals surface area (Å²) in [6.45, 7) is 0. The topological polar surface area (TPSA) is 29.1 Å². The lowest BCUT2D eigenvalue weighted by atomic mass is 10.1. The molecule has 1 amide bonds. The zero-order chi connectivity index (χ0) is 10.1. The third-order valence-electron chi connectivity index (χ3n) is 2.34. The highest BCUT2D eigenvalue weighted by Gasteiger charge is 2.22. The van der Waals surface area contributed by atoms with Gasteiger partial charge in [0.1, 0.15) is 5.82 Å². The van der Waals surface area contributed by atoms with E-state index in [0.29, 0.717) is 10.9 Å². The van der Waals surface area contributed by atoms with Gasteiger partial charge in [-0.3, -0.25) is 4.79 Å². The molecule has 2 nitrogen and oxygen atoms in total. The Labute approximate surface area is 89.6 Å². The quantitative estimate of drug-likeness (QED) is 0.824. The van der Waals surface area contributed by atoms with Crippen molar-refractivity contribution in [2.24, 2.45) is 0 Å². The van der Waals surface area contributed by atoms with Crippen LogP contribution in [0.4, 0.5) is 4.39 Å². The largest absolute Gasteiger partial charge is 0.349 e. The van der Waals surface area contributed by atoms with Gasteiger partial charge in [0, 0.05) is 6.42 Å². The highest BCUT2D eigenvalue weighted by Crippen LogP contribution is 2.27. The minimum absolute atomic E-state index is 0.0411. The Morgan fingerprint density at radius 2 is 2.29 bits per heavy atom. The van der Waals surface area contributed by atoms with Gasteiger partial charge in [0.05, 0.1) is 10.5 Å². The van der Waals surface area contributed by atoms with Gasteiger partial charge < -0.3 is 5.32 Å². The monoisotopic (exact) mass is 257 g/mol. The number of hydrogen-bond donors (Lipinski definition) is 1. The van der Waals surface area contributed by atoms with Crippen molar-refractivity contribution in [1.82, 2.24) is 5.32 Å². The Morgan fingerprint density at radius 3 is 2.86 bits per heavy atom. The molecule has 0 unspecified atom stereocenters. The third kappa shape index (κ3) is 1.80. The molecule has 0 spiro atoms. The summed E-state index contributed by atoms with van der Waals surface area (Å²) in [5, 5.41) is 2.83. The van der Waals surface area contributed by atoms with Crippen LogP contribution in [0.25, 0.3) is 0 Å². The number of nitrogens with one attached hydrogen (secondary N) is 1. The van der Waals surface area contributed by atoms with Gasteiger partial charge in [0.25, 0.3) is 0 Å². The van der Waals surface area contributed by atoms with Crippen molar-refractivity contribution in [3.05, 3.63) is 34.1 Å². The second kappa shape index (κ2) is 3.69. The summed E-state index contributed by atoms with van der Waals surface area (Å²) < 4.78 is 13.4. The average molecular weight is 258 g/mol. The van der Waals surface area contributed by atoms with Crippen molar-refractivity contribution in [2.45, 2.75) is 18.9 Å². The first kappa shape index (κ1) is 9.65. The summed E-state index contributed by atoms with van der Waals surface area (Å²) in [6.07, 6.45) is 1.34. The summed E-state index contributed by atoms with van der Waals surface area (Å²) in [5.41, 5.74) is 0.948. The second-order valence-corrected chi connectivity index (χ2v) is 4.19. The zero-order valence-corrected chi connectivity index (χ0v) is 8.97. The molecule has 1 heterocycles. The van der Waals surface area contributed by atoms with Crippen molar-refractivity contribution in [2.75, 3.05) is 0 Å². The maximum Gasteiger partial charge on any atom is 0.220 e. The maximum atomic E-state index is 12.9. The Balaban J connectivity index is 2.24. The first-order chi connectivity index (χ1) is 6.66. The molecule has 1 saturated heterocycles. The highest BCUT2D eigenvalue weighted by atomic mass is 79.9. The molecule has 0 bridgehead atoms. The smallest absolute Gasteiger partial charge is 0.220 e. The van der Waals surface area contributed by atoms with Gasteiger partial charge in [0.15, 0.2) is 0 Å². The molecule has 1 atom stereocenters. The van der Waals surface area contributed by atoms with E-state index in [2.05, 4.69) is 21.2 Å². The molecular formula is C10H9BrFNO. The molecule has 0 saturated carbocycles. The molecule has 0 aromatic heterocycles. The molecule has 1 aliphatic rings. The molecular weight excluding hydrogens is 249 g/mol. The first-order valence-electron chi connectivity index (χ1n) is 4.41. The van der Waals surface area contributed by atoms with E-state index < -0.39 is 0 Å². The Morgan fingerprint density at radius 1 is 1.50 bits per heavy atom. The molecule has 14 heavy (non-hydrogen) atoms. The number of carbonyl (C=O) groups excluding carboxylic acids is 1. The molecule has 2 rings (SSSR count). The van der Waals surface area contributed by atoms with E-state index in [0.717, 1.165) is 12.0 Å². The van der Waals surface area contributed by atoms with Gasteiger partial charge in [-0.15, -0.1) is 0 Å². The van der Waals surface area contributed by atoms with Crippen molar-refractivity contribution in [1.29, 1.82) is 0 Å². The summed E-state index contributed by atoms with van der Waals surface area (Å²) in [7, 11) is 0. The number of amides is 1. The van der Waals surface area contributed by atoms with Crippen LogP contribution >= 0.6 is 15.9 Å². The molecule has 1 N–H and O–H groups in total. The van der Waals surface area contributed by atoms with Gasteiger partial charge in [-0.05, 0) is 40.0 Å². The molecule has 74 valence electrons. The predicted molar refractivity (Wildman–Crippen MR) is 54.2 cm³/mol. The fraction of sp³-hybridized carbons (Fsp3) is 0.300.